The van der Waals surface area contributed by atoms with E-state index in [1.165, 1.54) is 24.2 Å². The number of fused-ring (bicyclic) bond motifs is 1. The SMILES string of the molecule is Cc1ccc2sc(C(=O)NC3CCCC3(C)C)c(N)c2c1. The maximum absolute atomic E-state index is 12.6. The zero-order chi connectivity index (χ0) is 15.2. The van der Waals surface area contributed by atoms with Crippen LogP contribution >= 0.6 is 11.3 Å². The Labute approximate surface area is 129 Å². The van der Waals surface area contributed by atoms with Crippen LogP contribution in [0.5, 0.6) is 0 Å². The summed E-state index contributed by atoms with van der Waals surface area (Å²) in [7, 11) is 0. The molecule has 0 bridgehead atoms. The molecule has 1 amide bonds. The maximum Gasteiger partial charge on any atom is 0.263 e. The van der Waals surface area contributed by atoms with Crippen molar-refractivity contribution in [2.45, 2.75) is 46.1 Å². The molecule has 1 aromatic carbocycles. The van der Waals surface area contributed by atoms with E-state index in [1.54, 1.807) is 0 Å². The van der Waals surface area contributed by atoms with Crippen molar-refractivity contribution in [3.63, 3.8) is 0 Å². The molecule has 1 aliphatic rings. The quantitative estimate of drug-likeness (QED) is 0.877. The number of hydrogen-bond donors (Lipinski definition) is 2. The van der Waals surface area contributed by atoms with Gasteiger partial charge in [0.2, 0.25) is 0 Å². The molecule has 112 valence electrons. The number of thiophene rings is 1. The van der Waals surface area contributed by atoms with Crippen LogP contribution in [0.4, 0.5) is 5.69 Å². The van der Waals surface area contributed by atoms with E-state index in [-0.39, 0.29) is 17.4 Å². The number of benzene rings is 1. The third-order valence-corrected chi connectivity index (χ3v) is 5.84. The molecule has 4 heteroatoms. The van der Waals surface area contributed by atoms with Crippen LogP contribution in [0.25, 0.3) is 10.1 Å². The first kappa shape index (κ1) is 14.4. The Hall–Kier alpha value is -1.55. The van der Waals surface area contributed by atoms with Gasteiger partial charge in [0.15, 0.2) is 0 Å². The predicted octanol–water partition coefficient (Wildman–Crippen LogP) is 4.10. The molecule has 1 heterocycles. The molecule has 1 unspecified atom stereocenters. The second-order valence-corrected chi connectivity index (χ2v) is 7.80. The number of aryl methyl sites for hydroxylation is 1. The summed E-state index contributed by atoms with van der Waals surface area (Å²) in [5, 5.41) is 4.19. The van der Waals surface area contributed by atoms with E-state index in [1.807, 2.05) is 13.0 Å². The van der Waals surface area contributed by atoms with Gasteiger partial charge in [-0.05, 0) is 37.3 Å². The van der Waals surface area contributed by atoms with Crippen molar-refractivity contribution in [3.8, 4) is 0 Å². The van der Waals surface area contributed by atoms with Crippen LogP contribution in [0.1, 0.15) is 48.3 Å². The summed E-state index contributed by atoms with van der Waals surface area (Å²) < 4.78 is 1.08. The lowest BCUT2D eigenvalue weighted by Crippen LogP contribution is -2.41. The number of carbonyl (C=O) groups excluding carboxylic acids is 1. The summed E-state index contributed by atoms with van der Waals surface area (Å²) in [4.78, 5) is 13.2. The fourth-order valence-electron chi connectivity index (χ4n) is 3.22. The Morgan fingerprint density at radius 2 is 2.19 bits per heavy atom. The Balaban J connectivity index is 1.90. The molecule has 0 radical (unpaired) electrons. The fourth-order valence-corrected chi connectivity index (χ4v) is 4.22. The van der Waals surface area contributed by atoms with Gasteiger partial charge in [-0.3, -0.25) is 4.79 Å². The highest BCUT2D eigenvalue weighted by Gasteiger charge is 2.36. The molecule has 1 aromatic heterocycles. The summed E-state index contributed by atoms with van der Waals surface area (Å²) in [6, 6.07) is 6.40. The number of hydrogen-bond acceptors (Lipinski definition) is 3. The van der Waals surface area contributed by atoms with E-state index >= 15 is 0 Å². The average Bonchev–Trinajstić information content (AvgIpc) is 2.91. The topological polar surface area (TPSA) is 55.1 Å². The number of rotatable bonds is 2. The summed E-state index contributed by atoms with van der Waals surface area (Å²) >= 11 is 1.49. The minimum Gasteiger partial charge on any atom is -0.397 e. The molecule has 1 saturated carbocycles. The van der Waals surface area contributed by atoms with E-state index in [4.69, 9.17) is 5.73 Å². The standard InChI is InChI=1S/C17H22N2OS/c1-10-6-7-12-11(9-10)14(18)15(21-12)16(20)19-13-5-4-8-17(13,2)3/h6-7,9,13H,4-5,8,18H2,1-3H3,(H,19,20). The van der Waals surface area contributed by atoms with Gasteiger partial charge in [-0.2, -0.15) is 0 Å². The third-order valence-electron chi connectivity index (χ3n) is 4.65. The first-order valence-corrected chi connectivity index (χ1v) is 8.29. The molecule has 0 saturated heterocycles. The van der Waals surface area contributed by atoms with E-state index in [0.29, 0.717) is 10.6 Å². The van der Waals surface area contributed by atoms with Crippen LogP contribution in [-0.4, -0.2) is 11.9 Å². The monoisotopic (exact) mass is 302 g/mol. The molecule has 2 aromatic rings. The number of nitrogens with two attached hydrogens (primary N) is 1. The van der Waals surface area contributed by atoms with Gasteiger partial charge >= 0.3 is 0 Å². The molecule has 21 heavy (non-hydrogen) atoms. The number of nitrogen functional groups attached to an aromatic ring is 1. The molecule has 0 aliphatic heterocycles. The normalized spacial score (nSPS) is 20.8. The summed E-state index contributed by atoms with van der Waals surface area (Å²) in [5.74, 6) is -0.0219. The third kappa shape index (κ3) is 2.53. The zero-order valence-corrected chi connectivity index (χ0v) is 13.6. The largest absolute Gasteiger partial charge is 0.397 e. The number of nitrogens with one attached hydrogen (secondary N) is 1. The summed E-state index contributed by atoms with van der Waals surface area (Å²) in [5.41, 5.74) is 8.16. The van der Waals surface area contributed by atoms with Gasteiger partial charge in [0, 0.05) is 16.1 Å². The van der Waals surface area contributed by atoms with Crippen molar-refractivity contribution >= 4 is 33.0 Å². The second kappa shape index (κ2) is 5.02. The van der Waals surface area contributed by atoms with Gasteiger partial charge in [0.1, 0.15) is 4.88 Å². The minimum absolute atomic E-state index is 0.0219. The zero-order valence-electron chi connectivity index (χ0n) is 12.8. The van der Waals surface area contributed by atoms with Crippen LogP contribution in [0.3, 0.4) is 0 Å². The van der Waals surface area contributed by atoms with Crippen molar-refractivity contribution in [3.05, 3.63) is 28.6 Å². The van der Waals surface area contributed by atoms with Gasteiger partial charge in [0.25, 0.3) is 5.91 Å². The number of amides is 1. The minimum atomic E-state index is -0.0219. The maximum atomic E-state index is 12.6. The smallest absolute Gasteiger partial charge is 0.263 e. The number of anilines is 1. The second-order valence-electron chi connectivity index (χ2n) is 6.75. The first-order chi connectivity index (χ1) is 9.88. The van der Waals surface area contributed by atoms with Gasteiger partial charge in [0.05, 0.1) is 5.69 Å². The highest BCUT2D eigenvalue weighted by Crippen LogP contribution is 2.38. The molecular weight excluding hydrogens is 280 g/mol. The predicted molar refractivity (Wildman–Crippen MR) is 89.9 cm³/mol. The van der Waals surface area contributed by atoms with Crippen molar-refractivity contribution in [2.24, 2.45) is 5.41 Å². The molecule has 1 aliphatic carbocycles. The van der Waals surface area contributed by atoms with E-state index < -0.39 is 0 Å². The first-order valence-electron chi connectivity index (χ1n) is 7.48. The van der Waals surface area contributed by atoms with Crippen LogP contribution in [0.2, 0.25) is 0 Å². The van der Waals surface area contributed by atoms with E-state index in [0.717, 1.165) is 22.1 Å². The lowest BCUT2D eigenvalue weighted by atomic mass is 9.87. The van der Waals surface area contributed by atoms with Crippen molar-refractivity contribution in [1.82, 2.24) is 5.32 Å². The van der Waals surface area contributed by atoms with Gasteiger partial charge in [-0.15, -0.1) is 11.3 Å². The molecule has 3 nitrogen and oxygen atoms in total. The molecule has 0 spiro atoms. The average molecular weight is 302 g/mol. The van der Waals surface area contributed by atoms with Crippen LogP contribution < -0.4 is 11.1 Å². The van der Waals surface area contributed by atoms with Crippen LogP contribution in [-0.2, 0) is 0 Å². The van der Waals surface area contributed by atoms with Crippen LogP contribution in [0, 0.1) is 12.3 Å². The van der Waals surface area contributed by atoms with Gasteiger partial charge < -0.3 is 11.1 Å². The van der Waals surface area contributed by atoms with Crippen LogP contribution in [0.15, 0.2) is 18.2 Å². The molecule has 3 rings (SSSR count). The Kier molecular flexibility index (Phi) is 3.44. The van der Waals surface area contributed by atoms with E-state index in [2.05, 4.69) is 31.3 Å². The molecule has 1 atom stereocenters. The van der Waals surface area contributed by atoms with Crippen molar-refractivity contribution in [1.29, 1.82) is 0 Å². The highest BCUT2D eigenvalue weighted by atomic mass is 32.1. The highest BCUT2D eigenvalue weighted by molar-refractivity contribution is 7.21. The van der Waals surface area contributed by atoms with Gasteiger partial charge in [-0.25, -0.2) is 0 Å². The van der Waals surface area contributed by atoms with Crippen molar-refractivity contribution in [2.75, 3.05) is 5.73 Å². The Bertz CT molecular complexity index is 702. The fraction of sp³-hybridized carbons (Fsp3) is 0.471. The Morgan fingerprint density at radius 1 is 1.43 bits per heavy atom. The molecular formula is C17H22N2OS. The number of carbonyl (C=O) groups is 1. The Morgan fingerprint density at radius 3 is 2.86 bits per heavy atom. The summed E-state index contributed by atoms with van der Waals surface area (Å²) in [6.45, 7) is 6.49. The molecule has 3 N–H and O–H groups in total. The summed E-state index contributed by atoms with van der Waals surface area (Å²) in [6.07, 6.45) is 3.40. The van der Waals surface area contributed by atoms with E-state index in [9.17, 15) is 4.79 Å². The van der Waals surface area contributed by atoms with Crippen molar-refractivity contribution < 1.29 is 4.79 Å². The lowest BCUT2D eigenvalue weighted by Gasteiger charge is -2.27. The molecule has 1 fully saturated rings. The lowest BCUT2D eigenvalue weighted by molar-refractivity contribution is 0.0915. The van der Waals surface area contributed by atoms with Gasteiger partial charge in [-0.1, -0.05) is 31.9 Å².